The zero-order chi connectivity index (χ0) is 20.7. The number of fused-ring (bicyclic) bond motifs is 1. The lowest BCUT2D eigenvalue weighted by atomic mass is 9.90. The smallest absolute Gasteiger partial charge is 0.158 e. The number of nitrogens with zero attached hydrogens (tertiary/aromatic N) is 5. The molecule has 30 heavy (non-hydrogen) atoms. The topological polar surface area (TPSA) is 86.4 Å². The molecule has 7 heteroatoms. The zero-order valence-electron chi connectivity index (χ0n) is 17.7. The number of rotatable bonds is 4. The predicted octanol–water partition coefficient (Wildman–Crippen LogP) is 4.09. The van der Waals surface area contributed by atoms with Crippen LogP contribution in [-0.2, 0) is 6.42 Å². The van der Waals surface area contributed by atoms with Gasteiger partial charge in [-0.1, -0.05) is 19.1 Å². The van der Waals surface area contributed by atoms with Gasteiger partial charge in [-0.15, -0.1) is 0 Å². The molecule has 0 saturated carbocycles. The van der Waals surface area contributed by atoms with Crippen LogP contribution in [0.1, 0.15) is 42.6 Å². The van der Waals surface area contributed by atoms with Gasteiger partial charge in [0.2, 0.25) is 0 Å². The van der Waals surface area contributed by atoms with E-state index in [1.54, 1.807) is 6.20 Å². The third-order valence-corrected chi connectivity index (χ3v) is 6.19. The highest BCUT2D eigenvalue weighted by Crippen LogP contribution is 2.35. The molecule has 1 aromatic carbocycles. The van der Waals surface area contributed by atoms with Crippen molar-refractivity contribution in [1.29, 1.82) is 0 Å². The van der Waals surface area contributed by atoms with Crippen LogP contribution in [0.5, 0.6) is 0 Å². The number of para-hydroxylation sites is 1. The van der Waals surface area contributed by atoms with Gasteiger partial charge in [-0.25, -0.2) is 9.97 Å². The first kappa shape index (κ1) is 18.9. The van der Waals surface area contributed by atoms with E-state index < -0.39 is 0 Å². The standard InChI is InChI=1S/C23H27N7/c1-4-15-6-5-7-17-21(15)27-23(26-17)19-13-24-12-18(25-19)20-14(2)28-29-22(20)16-8-10-30(3)11-9-16/h5-7,12-13,16H,4,8-11H2,1-3H3,(H,26,27)(H,28,29). The maximum absolute atomic E-state index is 4.94. The number of likely N-dealkylation sites (tertiary alicyclic amines) is 1. The van der Waals surface area contributed by atoms with Crippen LogP contribution in [0.4, 0.5) is 0 Å². The first-order valence-corrected chi connectivity index (χ1v) is 10.7. The Balaban J connectivity index is 1.54. The van der Waals surface area contributed by atoms with Crippen molar-refractivity contribution >= 4 is 11.0 Å². The highest BCUT2D eigenvalue weighted by atomic mass is 15.1. The Labute approximate surface area is 176 Å². The van der Waals surface area contributed by atoms with Crippen LogP contribution in [0.15, 0.2) is 30.6 Å². The average molecular weight is 402 g/mol. The summed E-state index contributed by atoms with van der Waals surface area (Å²) in [6.45, 7) is 6.40. The molecule has 0 bridgehead atoms. The summed E-state index contributed by atoms with van der Waals surface area (Å²) < 4.78 is 0. The number of H-pyrrole nitrogens is 2. The van der Waals surface area contributed by atoms with Crippen molar-refractivity contribution in [3.63, 3.8) is 0 Å². The minimum absolute atomic E-state index is 0.449. The summed E-state index contributed by atoms with van der Waals surface area (Å²) in [4.78, 5) is 20.1. The van der Waals surface area contributed by atoms with E-state index in [2.05, 4.69) is 64.2 Å². The van der Waals surface area contributed by atoms with Gasteiger partial charge in [0, 0.05) is 17.2 Å². The second kappa shape index (κ2) is 7.65. The van der Waals surface area contributed by atoms with Crippen LogP contribution in [0.3, 0.4) is 0 Å². The highest BCUT2D eigenvalue weighted by molar-refractivity contribution is 5.82. The van der Waals surface area contributed by atoms with Crippen LogP contribution in [0, 0.1) is 6.92 Å². The molecule has 1 fully saturated rings. The van der Waals surface area contributed by atoms with E-state index in [1.165, 1.54) is 5.56 Å². The average Bonchev–Trinajstić information content (AvgIpc) is 3.38. The summed E-state index contributed by atoms with van der Waals surface area (Å²) in [5.41, 5.74) is 8.11. The molecule has 0 spiro atoms. The number of imidazole rings is 1. The summed E-state index contributed by atoms with van der Waals surface area (Å²) in [6, 6.07) is 6.24. The molecule has 0 radical (unpaired) electrons. The lowest BCUT2D eigenvalue weighted by Gasteiger charge is -2.28. The first-order valence-electron chi connectivity index (χ1n) is 10.7. The molecule has 1 aliphatic heterocycles. The molecule has 1 saturated heterocycles. The molecule has 7 nitrogen and oxygen atoms in total. The van der Waals surface area contributed by atoms with E-state index in [4.69, 9.17) is 9.97 Å². The normalized spacial score (nSPS) is 15.8. The molecular weight excluding hydrogens is 374 g/mol. The number of aromatic nitrogens is 6. The van der Waals surface area contributed by atoms with Crippen molar-refractivity contribution in [2.45, 2.75) is 39.0 Å². The van der Waals surface area contributed by atoms with Crippen LogP contribution < -0.4 is 0 Å². The van der Waals surface area contributed by atoms with Gasteiger partial charge < -0.3 is 9.88 Å². The van der Waals surface area contributed by atoms with E-state index in [1.807, 2.05) is 6.20 Å². The Morgan fingerprint density at radius 2 is 1.90 bits per heavy atom. The minimum Gasteiger partial charge on any atom is -0.337 e. The van der Waals surface area contributed by atoms with E-state index >= 15 is 0 Å². The molecule has 0 amide bonds. The Morgan fingerprint density at radius 1 is 1.10 bits per heavy atom. The summed E-state index contributed by atoms with van der Waals surface area (Å²) in [7, 11) is 2.18. The fourth-order valence-corrected chi connectivity index (χ4v) is 4.45. The quantitative estimate of drug-likeness (QED) is 0.538. The van der Waals surface area contributed by atoms with E-state index in [0.717, 1.165) is 77.5 Å². The fraction of sp³-hybridized carbons (Fsp3) is 0.391. The summed E-state index contributed by atoms with van der Waals surface area (Å²) in [5, 5.41) is 7.85. The molecule has 4 heterocycles. The second-order valence-electron chi connectivity index (χ2n) is 8.23. The molecule has 4 aromatic rings. The molecule has 2 N–H and O–H groups in total. The Morgan fingerprint density at radius 3 is 2.70 bits per heavy atom. The van der Waals surface area contributed by atoms with Crippen LogP contribution in [-0.4, -0.2) is 55.2 Å². The highest BCUT2D eigenvalue weighted by Gasteiger charge is 2.26. The number of hydrogen-bond acceptors (Lipinski definition) is 5. The Hall–Kier alpha value is -3.06. The van der Waals surface area contributed by atoms with Gasteiger partial charge in [0.1, 0.15) is 5.69 Å². The number of hydrogen-bond donors (Lipinski definition) is 2. The lowest BCUT2D eigenvalue weighted by molar-refractivity contribution is 0.253. The SMILES string of the molecule is CCc1cccc2[nH]c(-c3cncc(-c4c(C5CCN(C)CC5)n[nH]c4C)n3)nc12. The van der Waals surface area contributed by atoms with Crippen molar-refractivity contribution in [3.8, 4) is 22.8 Å². The van der Waals surface area contributed by atoms with Crippen molar-refractivity contribution in [2.75, 3.05) is 20.1 Å². The van der Waals surface area contributed by atoms with Gasteiger partial charge in [0.25, 0.3) is 0 Å². The van der Waals surface area contributed by atoms with E-state index in [-0.39, 0.29) is 0 Å². The molecule has 1 aliphatic rings. The molecule has 0 unspecified atom stereocenters. The van der Waals surface area contributed by atoms with Crippen molar-refractivity contribution in [3.05, 3.63) is 47.5 Å². The van der Waals surface area contributed by atoms with E-state index in [0.29, 0.717) is 5.92 Å². The monoisotopic (exact) mass is 401 g/mol. The fourth-order valence-electron chi connectivity index (χ4n) is 4.45. The van der Waals surface area contributed by atoms with Crippen molar-refractivity contribution in [2.24, 2.45) is 0 Å². The van der Waals surface area contributed by atoms with Crippen molar-refractivity contribution < 1.29 is 0 Å². The molecule has 5 rings (SSSR count). The first-order chi connectivity index (χ1) is 14.6. The molecular formula is C23H27N7. The molecule has 3 aromatic heterocycles. The van der Waals surface area contributed by atoms with Crippen LogP contribution in [0.25, 0.3) is 33.8 Å². The number of nitrogens with one attached hydrogen (secondary N) is 2. The second-order valence-corrected chi connectivity index (χ2v) is 8.23. The molecule has 154 valence electrons. The van der Waals surface area contributed by atoms with Crippen LogP contribution in [0.2, 0.25) is 0 Å². The summed E-state index contributed by atoms with van der Waals surface area (Å²) >= 11 is 0. The van der Waals surface area contributed by atoms with Crippen LogP contribution >= 0.6 is 0 Å². The third kappa shape index (κ3) is 3.29. The van der Waals surface area contributed by atoms with Gasteiger partial charge in [-0.3, -0.25) is 10.1 Å². The maximum atomic E-state index is 4.94. The van der Waals surface area contributed by atoms with Crippen molar-refractivity contribution in [1.82, 2.24) is 35.0 Å². The Bertz CT molecular complexity index is 1180. The number of aryl methyl sites for hydroxylation is 2. The third-order valence-electron chi connectivity index (χ3n) is 6.19. The largest absolute Gasteiger partial charge is 0.337 e. The zero-order valence-corrected chi connectivity index (χ0v) is 17.7. The van der Waals surface area contributed by atoms with Gasteiger partial charge in [0.15, 0.2) is 5.82 Å². The maximum Gasteiger partial charge on any atom is 0.158 e. The van der Waals surface area contributed by atoms with Gasteiger partial charge in [-0.2, -0.15) is 5.10 Å². The molecule has 0 atom stereocenters. The van der Waals surface area contributed by atoms with Gasteiger partial charge in [0.05, 0.1) is 34.8 Å². The number of aromatic amines is 2. The van der Waals surface area contributed by atoms with E-state index in [9.17, 15) is 0 Å². The predicted molar refractivity (Wildman–Crippen MR) is 118 cm³/mol. The molecule has 0 aliphatic carbocycles. The number of benzene rings is 1. The summed E-state index contributed by atoms with van der Waals surface area (Å²) in [6.07, 6.45) is 6.79. The Kier molecular flexibility index (Phi) is 4.83. The minimum atomic E-state index is 0.449. The van der Waals surface area contributed by atoms with Gasteiger partial charge >= 0.3 is 0 Å². The summed E-state index contributed by atoms with van der Waals surface area (Å²) in [5.74, 6) is 1.20. The van der Waals surface area contributed by atoms with Gasteiger partial charge in [-0.05, 0) is 58.0 Å². The lowest BCUT2D eigenvalue weighted by Crippen LogP contribution is -2.29. The number of piperidine rings is 1.